The zero-order valence-corrected chi connectivity index (χ0v) is 13.3. The molecule has 0 saturated heterocycles. The number of hydrogen-bond donors (Lipinski definition) is 2. The van der Waals surface area contributed by atoms with Crippen LogP contribution in [0.5, 0.6) is 5.75 Å². The fourth-order valence-corrected chi connectivity index (χ4v) is 2.72. The van der Waals surface area contributed by atoms with Crippen molar-refractivity contribution in [1.82, 2.24) is 10.3 Å². The number of carbonyl (C=O) groups excluding carboxylic acids is 1. The summed E-state index contributed by atoms with van der Waals surface area (Å²) in [6, 6.07) is 14.4. The van der Waals surface area contributed by atoms with Crippen LogP contribution in [-0.4, -0.2) is 24.5 Å². The third kappa shape index (κ3) is 3.37. The molecule has 4 nitrogen and oxygen atoms in total. The van der Waals surface area contributed by atoms with Crippen molar-refractivity contribution in [3.63, 3.8) is 0 Å². The molecule has 2 N–H and O–H groups in total. The molecule has 1 amide bonds. The van der Waals surface area contributed by atoms with Gasteiger partial charge in [0, 0.05) is 30.6 Å². The van der Waals surface area contributed by atoms with Gasteiger partial charge in [-0.25, -0.2) is 0 Å². The Morgan fingerprint density at radius 2 is 1.87 bits per heavy atom. The lowest BCUT2D eigenvalue weighted by Gasteiger charge is -2.06. The maximum Gasteiger partial charge on any atom is 0.216 e. The highest BCUT2D eigenvalue weighted by Gasteiger charge is 2.06. The number of aromatic nitrogens is 1. The van der Waals surface area contributed by atoms with Crippen molar-refractivity contribution in [2.75, 3.05) is 13.7 Å². The second-order valence-electron chi connectivity index (χ2n) is 5.54. The molecule has 0 fully saturated rings. The third-order valence-electron chi connectivity index (χ3n) is 3.96. The van der Waals surface area contributed by atoms with Crippen LogP contribution < -0.4 is 10.1 Å². The van der Waals surface area contributed by atoms with E-state index in [0.717, 1.165) is 23.3 Å². The molecule has 1 aromatic heterocycles. The smallest absolute Gasteiger partial charge is 0.216 e. The van der Waals surface area contributed by atoms with Crippen LogP contribution in [0.1, 0.15) is 12.5 Å². The first-order chi connectivity index (χ1) is 11.2. The van der Waals surface area contributed by atoms with Crippen molar-refractivity contribution in [3.8, 4) is 16.9 Å². The van der Waals surface area contributed by atoms with Crippen LogP contribution in [0.15, 0.2) is 48.7 Å². The van der Waals surface area contributed by atoms with Gasteiger partial charge in [0.25, 0.3) is 0 Å². The molecule has 1 heterocycles. The van der Waals surface area contributed by atoms with E-state index < -0.39 is 0 Å². The van der Waals surface area contributed by atoms with E-state index in [0.29, 0.717) is 6.54 Å². The molecular formula is C19H20N2O2. The van der Waals surface area contributed by atoms with Gasteiger partial charge in [0.15, 0.2) is 0 Å². The van der Waals surface area contributed by atoms with Crippen LogP contribution >= 0.6 is 0 Å². The number of hydrogen-bond acceptors (Lipinski definition) is 2. The molecule has 0 aliphatic carbocycles. The molecule has 0 saturated carbocycles. The minimum Gasteiger partial charge on any atom is -0.497 e. The maximum absolute atomic E-state index is 11.0. The molecule has 0 aliphatic heterocycles. The Kier molecular flexibility index (Phi) is 4.33. The van der Waals surface area contributed by atoms with Crippen LogP contribution in [-0.2, 0) is 11.2 Å². The van der Waals surface area contributed by atoms with Crippen molar-refractivity contribution >= 4 is 16.8 Å². The lowest BCUT2D eigenvalue weighted by molar-refractivity contribution is -0.118. The number of nitrogens with one attached hydrogen (secondary N) is 2. The molecule has 0 radical (unpaired) electrons. The van der Waals surface area contributed by atoms with E-state index in [2.05, 4.69) is 40.6 Å². The van der Waals surface area contributed by atoms with Crippen molar-refractivity contribution < 1.29 is 9.53 Å². The molecule has 0 unspecified atom stereocenters. The standard InChI is InChI=1S/C19H20N2O2/c1-13(22)20-10-9-16-12-21-19-8-5-15(11-18(16)19)14-3-6-17(23-2)7-4-14/h3-8,11-12,21H,9-10H2,1-2H3,(H,20,22). The number of fused-ring (bicyclic) bond motifs is 1. The van der Waals surface area contributed by atoms with Crippen LogP contribution in [0.2, 0.25) is 0 Å². The van der Waals surface area contributed by atoms with Crippen molar-refractivity contribution in [1.29, 1.82) is 0 Å². The molecule has 0 spiro atoms. The fourth-order valence-electron chi connectivity index (χ4n) is 2.72. The first kappa shape index (κ1) is 15.2. The minimum absolute atomic E-state index is 0.00348. The highest BCUT2D eigenvalue weighted by atomic mass is 16.5. The molecule has 0 aliphatic rings. The molecule has 3 rings (SSSR count). The molecule has 23 heavy (non-hydrogen) atoms. The lowest BCUT2D eigenvalue weighted by atomic mass is 10.0. The maximum atomic E-state index is 11.0. The van der Waals surface area contributed by atoms with Crippen LogP contribution in [0.4, 0.5) is 0 Å². The zero-order valence-electron chi connectivity index (χ0n) is 13.3. The average molecular weight is 308 g/mol. The SMILES string of the molecule is COc1ccc(-c2ccc3[nH]cc(CCNC(C)=O)c3c2)cc1. The Hall–Kier alpha value is -2.75. The summed E-state index contributed by atoms with van der Waals surface area (Å²) in [7, 11) is 1.67. The predicted molar refractivity (Wildman–Crippen MR) is 92.7 cm³/mol. The molecule has 3 aromatic rings. The second-order valence-corrected chi connectivity index (χ2v) is 5.54. The summed E-state index contributed by atoms with van der Waals surface area (Å²) in [6.07, 6.45) is 2.83. The Morgan fingerprint density at radius 3 is 2.57 bits per heavy atom. The van der Waals surface area contributed by atoms with Gasteiger partial charge in [0.05, 0.1) is 7.11 Å². The predicted octanol–water partition coefficient (Wildman–Crippen LogP) is 3.52. The Bertz CT molecular complexity index is 819. The second kappa shape index (κ2) is 6.57. The summed E-state index contributed by atoms with van der Waals surface area (Å²) < 4.78 is 5.21. The van der Waals surface area contributed by atoms with Gasteiger partial charge in [-0.1, -0.05) is 18.2 Å². The summed E-state index contributed by atoms with van der Waals surface area (Å²) in [5.74, 6) is 0.858. The number of carbonyl (C=O) groups is 1. The monoisotopic (exact) mass is 308 g/mol. The van der Waals surface area contributed by atoms with Crippen LogP contribution in [0.3, 0.4) is 0 Å². The molecule has 118 valence electrons. The molecule has 2 aromatic carbocycles. The van der Waals surface area contributed by atoms with Crippen molar-refractivity contribution in [2.45, 2.75) is 13.3 Å². The minimum atomic E-state index is 0.00348. The molecular weight excluding hydrogens is 288 g/mol. The lowest BCUT2D eigenvalue weighted by Crippen LogP contribution is -2.22. The van der Waals surface area contributed by atoms with E-state index in [1.165, 1.54) is 23.4 Å². The van der Waals surface area contributed by atoms with Gasteiger partial charge in [-0.3, -0.25) is 4.79 Å². The average Bonchev–Trinajstić information content (AvgIpc) is 2.97. The van der Waals surface area contributed by atoms with E-state index in [9.17, 15) is 4.79 Å². The quantitative estimate of drug-likeness (QED) is 0.757. The normalized spacial score (nSPS) is 10.7. The number of rotatable bonds is 5. The molecule has 4 heteroatoms. The van der Waals surface area contributed by atoms with Gasteiger partial charge in [-0.05, 0) is 47.4 Å². The summed E-state index contributed by atoms with van der Waals surface area (Å²) in [6.45, 7) is 2.19. The van der Waals surface area contributed by atoms with Crippen molar-refractivity contribution in [3.05, 3.63) is 54.2 Å². The van der Waals surface area contributed by atoms with Crippen molar-refractivity contribution in [2.24, 2.45) is 0 Å². The summed E-state index contributed by atoms with van der Waals surface area (Å²) in [4.78, 5) is 14.3. The molecule has 0 bridgehead atoms. The van der Waals surface area contributed by atoms with Gasteiger partial charge < -0.3 is 15.0 Å². The first-order valence-corrected chi connectivity index (χ1v) is 7.66. The fraction of sp³-hybridized carbons (Fsp3) is 0.211. The topological polar surface area (TPSA) is 54.1 Å². The van der Waals surface area contributed by atoms with E-state index in [1.807, 2.05) is 18.3 Å². The van der Waals surface area contributed by atoms with Gasteiger partial charge in [-0.15, -0.1) is 0 Å². The molecule has 0 atom stereocenters. The third-order valence-corrected chi connectivity index (χ3v) is 3.96. The Morgan fingerprint density at radius 1 is 1.13 bits per heavy atom. The number of H-pyrrole nitrogens is 1. The van der Waals surface area contributed by atoms with Gasteiger partial charge in [-0.2, -0.15) is 0 Å². The van der Waals surface area contributed by atoms with Crippen LogP contribution in [0.25, 0.3) is 22.0 Å². The number of methoxy groups -OCH3 is 1. The number of amides is 1. The summed E-state index contributed by atoms with van der Waals surface area (Å²) in [5, 5.41) is 4.04. The van der Waals surface area contributed by atoms with Gasteiger partial charge >= 0.3 is 0 Å². The number of ether oxygens (including phenoxy) is 1. The van der Waals surface area contributed by atoms with Gasteiger partial charge in [0.2, 0.25) is 5.91 Å². The van der Waals surface area contributed by atoms with Gasteiger partial charge in [0.1, 0.15) is 5.75 Å². The van der Waals surface area contributed by atoms with E-state index in [-0.39, 0.29) is 5.91 Å². The summed E-state index contributed by atoms with van der Waals surface area (Å²) in [5.41, 5.74) is 4.64. The first-order valence-electron chi connectivity index (χ1n) is 7.66. The van der Waals surface area contributed by atoms with E-state index in [1.54, 1.807) is 7.11 Å². The summed E-state index contributed by atoms with van der Waals surface area (Å²) >= 11 is 0. The zero-order chi connectivity index (χ0) is 16.2. The number of benzene rings is 2. The van der Waals surface area contributed by atoms with Crippen LogP contribution in [0, 0.1) is 0 Å². The highest BCUT2D eigenvalue weighted by Crippen LogP contribution is 2.27. The Labute approximate surface area is 135 Å². The Balaban J connectivity index is 1.88. The largest absolute Gasteiger partial charge is 0.497 e. The highest BCUT2D eigenvalue weighted by molar-refractivity contribution is 5.88. The van der Waals surface area contributed by atoms with E-state index in [4.69, 9.17) is 4.74 Å². The van der Waals surface area contributed by atoms with E-state index >= 15 is 0 Å². The number of aromatic amines is 1.